The van der Waals surface area contributed by atoms with Crippen molar-refractivity contribution in [3.8, 4) is 0 Å². The van der Waals surface area contributed by atoms with Crippen molar-refractivity contribution in [3.05, 3.63) is 65.4 Å². The summed E-state index contributed by atoms with van der Waals surface area (Å²) in [5, 5.41) is 2.21. The Balaban J connectivity index is 1.77. The number of anilines is 1. The van der Waals surface area contributed by atoms with E-state index in [4.69, 9.17) is 0 Å². The summed E-state index contributed by atoms with van der Waals surface area (Å²) in [6.07, 6.45) is 3.38. The number of imidazole rings is 1. The number of rotatable bonds is 3. The average Bonchev–Trinajstić information content (AvgIpc) is 2.89. The molecule has 3 rings (SSSR count). The van der Waals surface area contributed by atoms with Crippen LogP contribution in [0.15, 0.2) is 36.7 Å². The monoisotopic (exact) mass is 319 g/mol. The summed E-state index contributed by atoms with van der Waals surface area (Å²) in [7, 11) is 0. The predicted octanol–water partition coefficient (Wildman–Crippen LogP) is 3.24. The fourth-order valence-corrected chi connectivity index (χ4v) is 2.20. The van der Waals surface area contributed by atoms with Crippen LogP contribution in [0, 0.1) is 24.4 Å². The van der Waals surface area contributed by atoms with Gasteiger partial charge in [-0.05, 0) is 36.8 Å². The number of nitrogens with one attached hydrogen (secondary N) is 1. The summed E-state index contributed by atoms with van der Waals surface area (Å²) in [5.74, 6) is -4.93. The molecule has 118 valence electrons. The Morgan fingerprint density at radius 2 is 2.00 bits per heavy atom. The number of benzene rings is 1. The average molecular weight is 319 g/mol. The number of hydrogen-bond donors (Lipinski definition) is 1. The quantitative estimate of drug-likeness (QED) is 0.753. The first-order valence-corrected chi connectivity index (χ1v) is 6.81. The van der Waals surface area contributed by atoms with Gasteiger partial charge in [-0.2, -0.15) is 0 Å². The molecule has 0 aliphatic carbocycles. The molecule has 2 heterocycles. The number of carbonyl (C=O) groups is 1. The summed E-state index contributed by atoms with van der Waals surface area (Å²) >= 11 is 0. The molecule has 0 saturated heterocycles. The molecule has 1 aromatic carbocycles. The molecular weight excluding hydrogens is 307 g/mol. The lowest BCUT2D eigenvalue weighted by Gasteiger charge is -2.06. The number of amides is 1. The largest absolute Gasteiger partial charge is 0.323 e. The first kappa shape index (κ1) is 15.1. The van der Waals surface area contributed by atoms with Crippen LogP contribution in [-0.4, -0.2) is 15.3 Å². The zero-order chi connectivity index (χ0) is 16.6. The molecule has 7 heteroatoms. The number of pyridine rings is 1. The highest BCUT2D eigenvalue weighted by Crippen LogP contribution is 2.19. The van der Waals surface area contributed by atoms with E-state index in [1.807, 2.05) is 25.3 Å². The van der Waals surface area contributed by atoms with E-state index in [2.05, 4.69) is 10.3 Å². The lowest BCUT2D eigenvalue weighted by atomic mass is 10.2. The zero-order valence-corrected chi connectivity index (χ0v) is 12.1. The van der Waals surface area contributed by atoms with Gasteiger partial charge >= 0.3 is 0 Å². The van der Waals surface area contributed by atoms with E-state index in [1.54, 1.807) is 10.6 Å². The van der Waals surface area contributed by atoms with Crippen LogP contribution >= 0.6 is 0 Å². The standard InChI is InChI=1S/C16H12F3N3O/c1-9-4-5-22-8-10(20-13(22)6-9)7-14(23)21-12-3-2-11(17)15(18)16(12)19/h2-6,8H,7H2,1H3,(H,21,23). The van der Waals surface area contributed by atoms with Crippen LogP contribution in [0.5, 0.6) is 0 Å². The molecule has 1 amide bonds. The fourth-order valence-electron chi connectivity index (χ4n) is 2.20. The molecule has 0 atom stereocenters. The lowest BCUT2D eigenvalue weighted by molar-refractivity contribution is -0.115. The summed E-state index contributed by atoms with van der Waals surface area (Å²) in [4.78, 5) is 16.2. The van der Waals surface area contributed by atoms with Crippen molar-refractivity contribution in [1.82, 2.24) is 9.38 Å². The van der Waals surface area contributed by atoms with Gasteiger partial charge in [-0.15, -0.1) is 0 Å². The van der Waals surface area contributed by atoms with Gasteiger partial charge in [-0.1, -0.05) is 0 Å². The molecule has 2 aromatic heterocycles. The SMILES string of the molecule is Cc1ccn2cc(CC(=O)Nc3ccc(F)c(F)c3F)nc2c1. The van der Waals surface area contributed by atoms with E-state index in [0.29, 0.717) is 11.3 Å². The van der Waals surface area contributed by atoms with Crippen molar-refractivity contribution in [2.45, 2.75) is 13.3 Å². The van der Waals surface area contributed by atoms with E-state index in [9.17, 15) is 18.0 Å². The van der Waals surface area contributed by atoms with Crippen molar-refractivity contribution < 1.29 is 18.0 Å². The molecule has 0 fully saturated rings. The minimum absolute atomic E-state index is 0.112. The maximum atomic E-state index is 13.5. The van der Waals surface area contributed by atoms with Crippen molar-refractivity contribution in [3.63, 3.8) is 0 Å². The zero-order valence-electron chi connectivity index (χ0n) is 12.1. The van der Waals surface area contributed by atoms with E-state index in [1.165, 1.54) is 0 Å². The topological polar surface area (TPSA) is 46.4 Å². The van der Waals surface area contributed by atoms with Crippen molar-refractivity contribution in [2.24, 2.45) is 0 Å². The van der Waals surface area contributed by atoms with Gasteiger partial charge in [0.2, 0.25) is 5.91 Å². The number of aryl methyl sites for hydroxylation is 1. The number of carbonyl (C=O) groups excluding carboxylic acids is 1. The molecule has 0 unspecified atom stereocenters. The molecule has 0 saturated carbocycles. The number of nitrogens with zero attached hydrogens (tertiary/aromatic N) is 2. The van der Waals surface area contributed by atoms with E-state index < -0.39 is 29.0 Å². The summed E-state index contributed by atoms with van der Waals surface area (Å²) in [5.41, 5.74) is 1.79. The molecule has 3 aromatic rings. The Kier molecular flexibility index (Phi) is 3.77. The van der Waals surface area contributed by atoms with Gasteiger partial charge < -0.3 is 9.72 Å². The highest BCUT2D eigenvalue weighted by atomic mass is 19.2. The van der Waals surface area contributed by atoms with Crippen LogP contribution in [0.25, 0.3) is 5.65 Å². The second-order valence-corrected chi connectivity index (χ2v) is 5.15. The summed E-state index contributed by atoms with van der Waals surface area (Å²) in [6.45, 7) is 1.92. The first-order chi connectivity index (χ1) is 10.9. The van der Waals surface area contributed by atoms with Crippen molar-refractivity contribution in [1.29, 1.82) is 0 Å². The fraction of sp³-hybridized carbons (Fsp3) is 0.125. The van der Waals surface area contributed by atoms with Gasteiger partial charge in [0.25, 0.3) is 0 Å². The molecule has 0 bridgehead atoms. The second-order valence-electron chi connectivity index (χ2n) is 5.15. The molecular formula is C16H12F3N3O. The number of aromatic nitrogens is 2. The van der Waals surface area contributed by atoms with Crippen LogP contribution < -0.4 is 5.32 Å². The Labute approximate surface area is 129 Å². The van der Waals surface area contributed by atoms with Crippen molar-refractivity contribution in [2.75, 3.05) is 5.32 Å². The third-order valence-electron chi connectivity index (χ3n) is 3.32. The van der Waals surface area contributed by atoms with E-state index in [0.717, 1.165) is 17.7 Å². The predicted molar refractivity (Wildman–Crippen MR) is 78.6 cm³/mol. The van der Waals surface area contributed by atoms with E-state index >= 15 is 0 Å². The van der Waals surface area contributed by atoms with Crippen LogP contribution in [0.3, 0.4) is 0 Å². The number of halogens is 3. The second kappa shape index (κ2) is 5.75. The third kappa shape index (κ3) is 3.03. The molecule has 0 aliphatic rings. The number of hydrogen-bond acceptors (Lipinski definition) is 2. The van der Waals surface area contributed by atoms with Gasteiger partial charge in [0.05, 0.1) is 17.8 Å². The van der Waals surface area contributed by atoms with Crippen LogP contribution in [0.2, 0.25) is 0 Å². The van der Waals surface area contributed by atoms with E-state index in [-0.39, 0.29) is 6.42 Å². The van der Waals surface area contributed by atoms with Crippen molar-refractivity contribution >= 4 is 17.2 Å². The Morgan fingerprint density at radius 1 is 1.22 bits per heavy atom. The maximum Gasteiger partial charge on any atom is 0.230 e. The molecule has 0 radical (unpaired) electrons. The van der Waals surface area contributed by atoms with Gasteiger partial charge in [0.15, 0.2) is 17.5 Å². The minimum Gasteiger partial charge on any atom is -0.323 e. The highest BCUT2D eigenvalue weighted by molar-refractivity contribution is 5.92. The lowest BCUT2D eigenvalue weighted by Crippen LogP contribution is -2.16. The summed E-state index contributed by atoms with van der Waals surface area (Å²) in [6, 6.07) is 5.48. The smallest absolute Gasteiger partial charge is 0.230 e. The molecule has 4 nitrogen and oxygen atoms in total. The Bertz CT molecular complexity index is 905. The third-order valence-corrected chi connectivity index (χ3v) is 3.32. The van der Waals surface area contributed by atoms with Crippen LogP contribution in [0.4, 0.5) is 18.9 Å². The molecule has 0 aliphatic heterocycles. The molecule has 1 N–H and O–H groups in total. The van der Waals surface area contributed by atoms with Crippen LogP contribution in [0.1, 0.15) is 11.3 Å². The van der Waals surface area contributed by atoms with Crippen LogP contribution in [-0.2, 0) is 11.2 Å². The van der Waals surface area contributed by atoms with Gasteiger partial charge in [0.1, 0.15) is 5.65 Å². The Hall–Kier alpha value is -2.83. The number of fused-ring (bicyclic) bond motifs is 1. The molecule has 23 heavy (non-hydrogen) atoms. The molecule has 0 spiro atoms. The summed E-state index contributed by atoms with van der Waals surface area (Å²) < 4.78 is 41.3. The van der Waals surface area contributed by atoms with Gasteiger partial charge in [0, 0.05) is 12.4 Å². The first-order valence-electron chi connectivity index (χ1n) is 6.81. The Morgan fingerprint density at radius 3 is 2.78 bits per heavy atom. The normalized spacial score (nSPS) is 11.0. The minimum atomic E-state index is -1.62. The van der Waals surface area contributed by atoms with Gasteiger partial charge in [-0.25, -0.2) is 18.2 Å². The van der Waals surface area contributed by atoms with Gasteiger partial charge in [-0.3, -0.25) is 4.79 Å². The maximum absolute atomic E-state index is 13.5. The highest BCUT2D eigenvalue weighted by Gasteiger charge is 2.16.